The highest BCUT2D eigenvalue weighted by Crippen LogP contribution is 2.33. The number of ether oxygens (including phenoxy) is 4. The van der Waals surface area contributed by atoms with E-state index in [0.29, 0.717) is 51.0 Å². The number of aromatic nitrogens is 2. The van der Waals surface area contributed by atoms with E-state index < -0.39 is 32.2 Å². The Hall–Kier alpha value is -10.6. The molecule has 0 unspecified atom stereocenters. The number of carbonyl (C=O) groups is 2. The molecule has 11 aromatic rings. The average Bonchev–Trinajstić information content (AvgIpc) is 1.17. The van der Waals surface area contributed by atoms with Crippen molar-refractivity contribution in [3.05, 3.63) is 316 Å². The quantitative estimate of drug-likeness (QED) is 0.0482. The summed E-state index contributed by atoms with van der Waals surface area (Å²) in [4.78, 5) is 22.8. The fraction of sp³-hybridized carbons (Fsp3) is 0.369. The first-order valence-corrected chi connectivity index (χ1v) is 45.1. The number of H-pyrrole nitrogens is 1. The molecule has 0 atom stereocenters. The molecule has 10 aromatic carbocycles. The first kappa shape index (κ1) is 106. The van der Waals surface area contributed by atoms with Crippen molar-refractivity contribution in [2.45, 2.75) is 228 Å². The number of sulfone groups is 2. The van der Waals surface area contributed by atoms with Crippen LogP contribution in [-0.2, 0) is 30.9 Å². The van der Waals surface area contributed by atoms with Crippen LogP contribution in [0.2, 0.25) is 0 Å². The van der Waals surface area contributed by atoms with Crippen molar-refractivity contribution in [1.82, 2.24) is 10.2 Å². The van der Waals surface area contributed by atoms with Gasteiger partial charge in [0.25, 0.3) is 5.91 Å². The highest BCUT2D eigenvalue weighted by atomic mass is 32.2. The highest BCUT2D eigenvalue weighted by Gasteiger charge is 2.20. The maximum Gasteiger partial charge on any atom is 0.387 e. The molecule has 14 nitrogen and oxygen atoms in total. The number of amides is 1. The zero-order chi connectivity index (χ0) is 91.6. The Kier molecular flexibility index (Phi) is 46.7. The molecular formula is C103H134F3N3O11S2. The van der Waals surface area contributed by atoms with Crippen LogP contribution in [0.25, 0.3) is 22.3 Å². The number of aliphatic hydroxyl groups is 1. The van der Waals surface area contributed by atoms with E-state index in [4.69, 9.17) is 25.1 Å². The summed E-state index contributed by atoms with van der Waals surface area (Å²) < 4.78 is 104. The summed E-state index contributed by atoms with van der Waals surface area (Å²) in [6.45, 7) is 42.2. The van der Waals surface area contributed by atoms with Crippen molar-refractivity contribution >= 4 is 31.4 Å². The number of hydrogen-bond donors (Lipinski definition) is 3. The maximum atomic E-state index is 12.7. The molecule has 0 radical (unpaired) electrons. The Balaban J connectivity index is 0.000000356. The number of nitrogens with one attached hydrogen (secondary N) is 1. The maximum absolute atomic E-state index is 12.7. The second kappa shape index (κ2) is 54.0. The molecule has 11 rings (SSSR count). The lowest BCUT2D eigenvalue weighted by atomic mass is 9.96. The number of halogens is 3. The van der Waals surface area contributed by atoms with Crippen LogP contribution in [-0.4, -0.2) is 88.4 Å². The molecule has 0 saturated heterocycles. The van der Waals surface area contributed by atoms with Crippen molar-refractivity contribution < 1.29 is 63.6 Å². The Bertz CT molecular complexity index is 5030. The minimum atomic E-state index is -3.21. The van der Waals surface area contributed by atoms with Crippen LogP contribution >= 0.6 is 0 Å². The molecule has 19 heteroatoms. The number of hydrogen-bond acceptors (Lipinski definition) is 12. The normalized spacial score (nSPS) is 10.9. The number of para-hydroxylation sites is 3. The molecule has 0 aliphatic heterocycles. The molecule has 1 amide bonds. The predicted octanol–water partition coefficient (Wildman–Crippen LogP) is 26.1. The largest absolute Gasteiger partial charge is 0.496 e. The van der Waals surface area contributed by atoms with Gasteiger partial charge in [0.2, 0.25) is 0 Å². The molecule has 1 aromatic heterocycles. The number of methoxy groups -OCH3 is 1. The molecule has 4 N–H and O–H groups in total. The van der Waals surface area contributed by atoms with Crippen molar-refractivity contribution in [3.8, 4) is 45.3 Å². The van der Waals surface area contributed by atoms with E-state index in [1.807, 2.05) is 163 Å². The number of aryl methyl sites for hydroxylation is 2. The zero-order valence-electron chi connectivity index (χ0n) is 76.1. The molecule has 660 valence electrons. The average molecular weight is 1710 g/mol. The summed E-state index contributed by atoms with van der Waals surface area (Å²) in [7, 11) is -4.75. The second-order valence-corrected chi connectivity index (χ2v) is 36.8. The Morgan fingerprint density at radius 3 is 1.37 bits per heavy atom. The number of rotatable bonds is 24. The van der Waals surface area contributed by atoms with Crippen molar-refractivity contribution in [3.63, 3.8) is 0 Å². The van der Waals surface area contributed by atoms with Crippen molar-refractivity contribution in [2.24, 2.45) is 11.7 Å². The molecule has 0 spiro atoms. The van der Waals surface area contributed by atoms with Gasteiger partial charge in [0, 0.05) is 47.7 Å². The van der Waals surface area contributed by atoms with E-state index in [2.05, 4.69) is 179 Å². The van der Waals surface area contributed by atoms with Crippen molar-refractivity contribution in [2.75, 3.05) is 26.6 Å². The van der Waals surface area contributed by atoms with Crippen molar-refractivity contribution in [1.29, 1.82) is 0 Å². The number of primary amides is 1. The third kappa shape index (κ3) is 37.8. The summed E-state index contributed by atoms with van der Waals surface area (Å²) in [6.07, 6.45) is 6.03. The first-order valence-electron chi connectivity index (χ1n) is 41.7. The predicted molar refractivity (Wildman–Crippen MR) is 498 cm³/mol. The van der Waals surface area contributed by atoms with Gasteiger partial charge in [0.1, 0.15) is 28.8 Å². The number of ketones is 1. The van der Waals surface area contributed by atoms with Gasteiger partial charge in [0.05, 0.1) is 34.5 Å². The Morgan fingerprint density at radius 1 is 0.467 bits per heavy atom. The van der Waals surface area contributed by atoms with Crippen LogP contribution in [0.5, 0.6) is 23.0 Å². The summed E-state index contributed by atoms with van der Waals surface area (Å²) >= 11 is 0. The third-order valence-corrected chi connectivity index (χ3v) is 22.2. The van der Waals surface area contributed by atoms with Gasteiger partial charge in [-0.2, -0.15) is 13.9 Å². The van der Waals surface area contributed by atoms with Gasteiger partial charge >= 0.3 is 6.61 Å². The minimum absolute atomic E-state index is 0.0657. The van der Waals surface area contributed by atoms with Gasteiger partial charge < -0.3 is 29.8 Å². The standard InChI is InChI=1S/C16H18O2S.C12H14N2.C12H18O.C11H15NO2.C11H14O.C11H16O.C10H12F2O.C10H13FO.C10H14O2S/c1-12(2)13-8-10-14(11-9-13)15-6-4-5-7-16(15)19(3,17)18;1-9(2)10-4-3-5-11(6-10)12-7-13-14-8-12;1-9(2)11-7-5-6-8-12(11)13-10(3)4;1-8(2)9-5-3-4-6-10(9)14-7-11(12)13;1-8(2)11(12)10-6-4-9(3)5-7-10;1-9(2)11-6-4-3-5-10(11)7-8-12;1-7(2)8-5-3-4-6-9(8)13-10(11)12;1-7(2)9-5-4-8(11)6-10(9)12-3;1-8(2)13(11,12)10-6-4-9(3)5-7-10/h4-12H,1-3H3;3-9H,1-2H3,(H,13,14);5-10H,1-4H3;3-6,8H,7H2,1-2H3,(H2,12,13);4-8H,1-3H3;3-6,9,12H,7-8H2,1-2H3;3-7,10H,1-2H3;4-7H,1-3H3;4-8H,1-3H3. The van der Waals surface area contributed by atoms with Gasteiger partial charge in [-0.25, -0.2) is 21.2 Å². The Labute approximate surface area is 728 Å². The summed E-state index contributed by atoms with van der Waals surface area (Å²) in [5, 5.41) is 15.2. The molecule has 0 fully saturated rings. The number of nitrogens with two attached hydrogens (primary N) is 1. The molecule has 0 aliphatic carbocycles. The van der Waals surface area contributed by atoms with Gasteiger partial charge in [-0.15, -0.1) is 0 Å². The lowest BCUT2D eigenvalue weighted by Gasteiger charge is -2.15. The van der Waals surface area contributed by atoms with E-state index in [-0.39, 0.29) is 53.8 Å². The summed E-state index contributed by atoms with van der Waals surface area (Å²) in [5.74, 6) is 5.30. The van der Waals surface area contributed by atoms with E-state index in [0.717, 1.165) is 62.4 Å². The van der Waals surface area contributed by atoms with Crippen LogP contribution in [0.3, 0.4) is 0 Å². The number of nitrogens with zero attached hydrogens (tertiary/aromatic N) is 1. The second-order valence-electron chi connectivity index (χ2n) is 32.3. The SMILES string of the molecule is CC(C)Oc1ccccc1C(C)C.CC(C)c1ccc(-c2ccccc2S(C)(=O)=O)cc1.CC(C)c1cccc(-c2cn[nH]c2)c1.CC(C)c1ccccc1CCO.CC(C)c1ccccc1OC(F)F.CC(C)c1ccccc1OCC(N)=O.COc1cc(F)ccc1C(C)C.Cc1ccc(C(=O)C(C)C)cc1.Cc1ccc(S(=O)(=O)C(C)C)cc1. The van der Waals surface area contributed by atoms with Crippen LogP contribution in [0.15, 0.2) is 259 Å². The lowest BCUT2D eigenvalue weighted by molar-refractivity contribution is -0.120. The highest BCUT2D eigenvalue weighted by molar-refractivity contribution is 7.92. The van der Waals surface area contributed by atoms with Gasteiger partial charge in [-0.05, 0) is 187 Å². The van der Waals surface area contributed by atoms with Crippen LogP contribution in [0, 0.1) is 25.6 Å². The lowest BCUT2D eigenvalue weighted by Crippen LogP contribution is -2.20. The number of carbonyl (C=O) groups excluding carboxylic acids is 2. The van der Waals surface area contributed by atoms with E-state index in [1.165, 1.54) is 57.3 Å². The van der Waals surface area contributed by atoms with Gasteiger partial charge in [0.15, 0.2) is 32.1 Å². The Morgan fingerprint density at radius 2 is 0.926 bits per heavy atom. The molecule has 0 saturated carbocycles. The molecule has 122 heavy (non-hydrogen) atoms. The number of alkyl halides is 2. The summed E-state index contributed by atoms with van der Waals surface area (Å²) in [6, 6.07) is 74.1. The summed E-state index contributed by atoms with van der Waals surface area (Å²) in [5.41, 5.74) is 21.6. The van der Waals surface area contributed by atoms with Crippen LogP contribution in [0.4, 0.5) is 13.2 Å². The fourth-order valence-electron chi connectivity index (χ4n) is 11.9. The zero-order valence-corrected chi connectivity index (χ0v) is 77.8. The molecule has 1 heterocycles. The van der Waals surface area contributed by atoms with Gasteiger partial charge in [-0.1, -0.05) is 310 Å². The monoisotopic (exact) mass is 1710 g/mol. The number of benzene rings is 10. The number of aliphatic hydroxyl groups excluding tert-OH is 1. The number of Topliss-reactive ketones (excluding diaryl/α,β-unsaturated/α-hetero) is 1. The topological polar surface area (TPSA) is 214 Å². The van der Waals surface area contributed by atoms with Crippen LogP contribution < -0.4 is 24.7 Å². The minimum Gasteiger partial charge on any atom is -0.496 e. The first-order chi connectivity index (χ1) is 57.4. The number of aromatic amines is 1. The van der Waals surface area contributed by atoms with E-state index >= 15 is 0 Å². The molecule has 0 bridgehead atoms. The van der Waals surface area contributed by atoms with E-state index in [1.54, 1.807) is 69.5 Å². The molecule has 0 aliphatic rings. The van der Waals surface area contributed by atoms with Crippen LogP contribution in [0.1, 0.15) is 246 Å². The smallest absolute Gasteiger partial charge is 0.387 e. The van der Waals surface area contributed by atoms with E-state index in [9.17, 15) is 39.6 Å². The third-order valence-electron chi connectivity index (χ3n) is 18.8. The molecular weight excluding hydrogens is 1580 g/mol. The van der Waals surface area contributed by atoms with Gasteiger partial charge in [-0.3, -0.25) is 14.7 Å². The fourth-order valence-corrected chi connectivity index (χ4v) is 13.9.